The van der Waals surface area contributed by atoms with Crippen molar-refractivity contribution in [1.29, 1.82) is 0 Å². The number of allylic oxidation sites excluding steroid dienone is 4. The molecule has 102 valence electrons. The number of methoxy groups -OCH3 is 1. The zero-order valence-corrected chi connectivity index (χ0v) is 11.8. The Morgan fingerprint density at radius 2 is 2.06 bits per heavy atom. The normalized spacial score (nSPS) is 18.1. The van der Waals surface area contributed by atoms with Gasteiger partial charge >= 0.3 is 5.97 Å². The minimum atomic E-state index is -0.757. The molecule has 0 fully saturated rings. The monoisotopic (exact) mass is 252 g/mol. The molecule has 0 bridgehead atoms. The highest BCUT2D eigenvalue weighted by molar-refractivity contribution is 5.67. The van der Waals surface area contributed by atoms with Crippen molar-refractivity contribution in [2.75, 3.05) is 7.11 Å². The van der Waals surface area contributed by atoms with Crippen LogP contribution in [0.3, 0.4) is 0 Å². The van der Waals surface area contributed by atoms with Crippen LogP contribution in [-0.4, -0.2) is 24.3 Å². The second-order valence-electron chi connectivity index (χ2n) is 3.72. The summed E-state index contributed by atoms with van der Waals surface area (Å²) < 4.78 is 5.26. The summed E-state index contributed by atoms with van der Waals surface area (Å²) >= 11 is 0. The molecule has 0 saturated heterocycles. The van der Waals surface area contributed by atoms with Crippen LogP contribution >= 0.6 is 0 Å². The number of carboxylic acids is 1. The molecule has 18 heavy (non-hydrogen) atoms. The average Bonchev–Trinajstić information content (AvgIpc) is 2.60. The van der Waals surface area contributed by atoms with E-state index in [-0.39, 0.29) is 12.5 Å². The van der Waals surface area contributed by atoms with Crippen LogP contribution in [0.5, 0.6) is 0 Å². The van der Waals surface area contributed by atoms with Crippen molar-refractivity contribution in [3.05, 3.63) is 35.5 Å². The van der Waals surface area contributed by atoms with Crippen LogP contribution in [0.25, 0.3) is 0 Å². The van der Waals surface area contributed by atoms with Gasteiger partial charge in [0, 0.05) is 13.5 Å². The van der Waals surface area contributed by atoms with E-state index in [1.54, 1.807) is 7.11 Å². The summed E-state index contributed by atoms with van der Waals surface area (Å²) in [5, 5.41) is 8.68. The molecule has 1 unspecified atom stereocenters. The Hall–Kier alpha value is -1.35. The largest absolute Gasteiger partial charge is 0.481 e. The van der Waals surface area contributed by atoms with Gasteiger partial charge in [-0.2, -0.15) is 0 Å². The first-order valence-electron chi connectivity index (χ1n) is 6.50. The third-order valence-corrected chi connectivity index (χ3v) is 2.64. The van der Waals surface area contributed by atoms with Crippen LogP contribution in [-0.2, 0) is 9.53 Å². The summed E-state index contributed by atoms with van der Waals surface area (Å²) in [6, 6.07) is 0. The fourth-order valence-electron chi connectivity index (χ4n) is 1.73. The van der Waals surface area contributed by atoms with E-state index in [0.717, 1.165) is 12.0 Å². The molecule has 0 aromatic heterocycles. The highest BCUT2D eigenvalue weighted by Crippen LogP contribution is 2.23. The molecule has 1 aliphatic carbocycles. The van der Waals surface area contributed by atoms with Crippen molar-refractivity contribution in [3.8, 4) is 0 Å². The van der Waals surface area contributed by atoms with Gasteiger partial charge in [-0.05, 0) is 30.1 Å². The second kappa shape index (κ2) is 9.66. The van der Waals surface area contributed by atoms with Crippen molar-refractivity contribution in [1.82, 2.24) is 0 Å². The number of aliphatic carboxylic acids is 1. The zero-order chi connectivity index (χ0) is 14.0. The number of carboxylic acid groups (broad SMARTS) is 1. The fraction of sp³-hybridized carbons (Fsp3) is 0.533. The summed E-state index contributed by atoms with van der Waals surface area (Å²) in [6.45, 7) is 6.07. The molecule has 0 spiro atoms. The highest BCUT2D eigenvalue weighted by Gasteiger charge is 2.10. The molecule has 1 aliphatic rings. The highest BCUT2D eigenvalue weighted by atomic mass is 16.5. The van der Waals surface area contributed by atoms with Gasteiger partial charge in [0.25, 0.3) is 0 Å². The summed E-state index contributed by atoms with van der Waals surface area (Å²) in [5.41, 5.74) is 2.28. The summed E-state index contributed by atoms with van der Waals surface area (Å²) in [5.74, 6) is -0.757. The van der Waals surface area contributed by atoms with Gasteiger partial charge in [-0.15, -0.1) is 0 Å². The standard InChI is InChI=1S/C13H18O3.C2H6/c1-3-10-9-12(16-2)6-4-5-11(10)7-8-13(14)15;1-2/h4-6,9,12H,3,7-8H2,1-2H3,(H,14,15);1-2H3. The number of rotatable bonds is 5. The number of ether oxygens (including phenoxy) is 1. The van der Waals surface area contributed by atoms with E-state index in [0.29, 0.717) is 6.42 Å². The Morgan fingerprint density at radius 3 is 2.56 bits per heavy atom. The molecular formula is C15H24O3. The van der Waals surface area contributed by atoms with Crippen molar-refractivity contribution in [3.63, 3.8) is 0 Å². The predicted octanol–water partition coefficient (Wildman–Crippen LogP) is 3.73. The molecule has 0 radical (unpaired) electrons. The van der Waals surface area contributed by atoms with Gasteiger partial charge in [0.05, 0.1) is 6.10 Å². The molecule has 0 heterocycles. The Balaban J connectivity index is 0.00000137. The van der Waals surface area contributed by atoms with Gasteiger partial charge in [0.1, 0.15) is 0 Å². The summed E-state index contributed by atoms with van der Waals surface area (Å²) in [4.78, 5) is 10.6. The maximum absolute atomic E-state index is 10.6. The molecule has 0 aliphatic heterocycles. The van der Waals surface area contributed by atoms with Gasteiger partial charge in [-0.25, -0.2) is 0 Å². The van der Waals surface area contributed by atoms with Crippen LogP contribution in [0.4, 0.5) is 0 Å². The number of hydrogen-bond donors (Lipinski definition) is 1. The van der Waals surface area contributed by atoms with E-state index in [2.05, 4.69) is 13.0 Å². The minimum Gasteiger partial charge on any atom is -0.481 e. The first-order valence-corrected chi connectivity index (χ1v) is 6.50. The Labute approximate surface area is 110 Å². The van der Waals surface area contributed by atoms with E-state index in [4.69, 9.17) is 9.84 Å². The Kier molecular flexibility index (Phi) is 8.93. The summed E-state index contributed by atoms with van der Waals surface area (Å²) in [7, 11) is 1.67. The average molecular weight is 252 g/mol. The summed E-state index contributed by atoms with van der Waals surface area (Å²) in [6.07, 6.45) is 9.58. The van der Waals surface area contributed by atoms with Gasteiger partial charge in [0.15, 0.2) is 0 Å². The first-order chi connectivity index (χ1) is 8.67. The molecular weight excluding hydrogens is 228 g/mol. The maximum Gasteiger partial charge on any atom is 0.303 e. The molecule has 3 nitrogen and oxygen atoms in total. The van der Waals surface area contributed by atoms with E-state index < -0.39 is 5.97 Å². The van der Waals surface area contributed by atoms with Gasteiger partial charge in [0.2, 0.25) is 0 Å². The van der Waals surface area contributed by atoms with E-state index in [9.17, 15) is 4.79 Å². The molecule has 0 amide bonds. The Morgan fingerprint density at radius 1 is 1.39 bits per heavy atom. The molecule has 3 heteroatoms. The van der Waals surface area contributed by atoms with Gasteiger partial charge in [-0.1, -0.05) is 39.0 Å². The lowest BCUT2D eigenvalue weighted by atomic mass is 9.98. The number of hydrogen-bond acceptors (Lipinski definition) is 2. The van der Waals surface area contributed by atoms with Crippen molar-refractivity contribution in [2.45, 2.75) is 46.1 Å². The van der Waals surface area contributed by atoms with Gasteiger partial charge < -0.3 is 9.84 Å². The van der Waals surface area contributed by atoms with E-state index in [1.807, 2.05) is 32.1 Å². The van der Waals surface area contributed by atoms with Crippen molar-refractivity contribution in [2.24, 2.45) is 0 Å². The number of carbonyl (C=O) groups is 1. The minimum absolute atomic E-state index is 0.00599. The third kappa shape index (κ3) is 5.82. The second-order valence-corrected chi connectivity index (χ2v) is 3.72. The zero-order valence-electron chi connectivity index (χ0n) is 11.8. The fourth-order valence-corrected chi connectivity index (χ4v) is 1.73. The maximum atomic E-state index is 10.6. The van der Waals surface area contributed by atoms with Crippen LogP contribution in [0, 0.1) is 0 Å². The lowest BCUT2D eigenvalue weighted by Gasteiger charge is -2.10. The molecule has 0 aromatic carbocycles. The van der Waals surface area contributed by atoms with Crippen molar-refractivity contribution >= 4 is 5.97 Å². The molecule has 1 atom stereocenters. The SMILES string of the molecule is CC.CCC1=CC(OC)C=CC=C1CCC(=O)O. The van der Waals surface area contributed by atoms with Gasteiger partial charge in [-0.3, -0.25) is 4.79 Å². The Bertz CT molecular complexity index is 338. The van der Waals surface area contributed by atoms with Crippen LogP contribution in [0.15, 0.2) is 35.5 Å². The van der Waals surface area contributed by atoms with Crippen LogP contribution in [0.2, 0.25) is 0 Å². The molecule has 0 saturated carbocycles. The molecule has 1 rings (SSSR count). The molecule has 1 N–H and O–H groups in total. The molecule has 0 aromatic rings. The quantitative estimate of drug-likeness (QED) is 0.811. The smallest absolute Gasteiger partial charge is 0.303 e. The topological polar surface area (TPSA) is 46.5 Å². The lowest BCUT2D eigenvalue weighted by molar-refractivity contribution is -0.136. The third-order valence-electron chi connectivity index (χ3n) is 2.64. The van der Waals surface area contributed by atoms with E-state index >= 15 is 0 Å². The lowest BCUT2D eigenvalue weighted by Crippen LogP contribution is -2.04. The predicted molar refractivity (Wildman–Crippen MR) is 74.6 cm³/mol. The van der Waals surface area contributed by atoms with E-state index in [1.165, 1.54) is 5.57 Å². The van der Waals surface area contributed by atoms with Crippen molar-refractivity contribution < 1.29 is 14.6 Å². The van der Waals surface area contributed by atoms with Crippen LogP contribution in [0.1, 0.15) is 40.0 Å². The first kappa shape index (κ1) is 16.6. The van der Waals surface area contributed by atoms with Crippen LogP contribution < -0.4 is 0 Å².